The number of esters is 1. The monoisotopic (exact) mass is 255 g/mol. The number of halogens is 1. The first-order valence-electron chi connectivity index (χ1n) is 4.65. The van der Waals surface area contributed by atoms with Crippen LogP contribution in [-0.2, 0) is 18.8 Å². The third kappa shape index (κ3) is 3.06. The van der Waals surface area contributed by atoms with Gasteiger partial charge in [-0.3, -0.25) is 4.79 Å². The Bertz CT molecular complexity index is 343. The highest BCUT2D eigenvalue weighted by atomic mass is 35.7. The molecule has 15 heavy (non-hydrogen) atoms. The molecule has 2 atom stereocenters. The Labute approximate surface area is 93.9 Å². The lowest BCUT2D eigenvalue weighted by atomic mass is 9.93. The number of rotatable bonds is 2. The molecule has 1 aliphatic heterocycles. The van der Waals surface area contributed by atoms with Gasteiger partial charge < -0.3 is 4.74 Å². The molecule has 7 heteroatoms. The van der Waals surface area contributed by atoms with E-state index in [0.717, 1.165) is 0 Å². The maximum Gasteiger partial charge on any atom is 0.308 e. The zero-order valence-electron chi connectivity index (χ0n) is 8.64. The van der Waals surface area contributed by atoms with Crippen molar-refractivity contribution in [2.75, 3.05) is 13.7 Å². The molecule has 1 fully saturated rings. The highest BCUT2D eigenvalue weighted by molar-refractivity contribution is 8.11. The van der Waals surface area contributed by atoms with E-state index in [4.69, 9.17) is 10.7 Å². The van der Waals surface area contributed by atoms with E-state index in [1.807, 2.05) is 0 Å². The minimum absolute atomic E-state index is 0.223. The molecule has 5 nitrogen and oxygen atoms in total. The SMILES string of the molecule is COC(=O)[C@@H]1CCN(S(=O)(=O)Cl)[C@H](C)C1. The second-order valence-corrected chi connectivity index (χ2v) is 6.11. The normalized spacial score (nSPS) is 28.7. The molecule has 88 valence electrons. The van der Waals surface area contributed by atoms with Crippen LogP contribution in [0.4, 0.5) is 0 Å². The largest absolute Gasteiger partial charge is 0.469 e. The third-order valence-electron chi connectivity index (χ3n) is 2.63. The third-order valence-corrected chi connectivity index (χ3v) is 4.26. The molecule has 0 N–H and O–H groups in total. The fourth-order valence-corrected chi connectivity index (χ4v) is 3.31. The summed E-state index contributed by atoms with van der Waals surface area (Å²) in [6.45, 7) is 2.00. The van der Waals surface area contributed by atoms with E-state index in [2.05, 4.69) is 4.74 Å². The molecule has 1 rings (SSSR count). The fraction of sp³-hybridized carbons (Fsp3) is 0.875. The van der Waals surface area contributed by atoms with Gasteiger partial charge in [0.15, 0.2) is 0 Å². The van der Waals surface area contributed by atoms with Crippen LogP contribution in [0.1, 0.15) is 19.8 Å². The van der Waals surface area contributed by atoms with Gasteiger partial charge in [0.2, 0.25) is 0 Å². The van der Waals surface area contributed by atoms with E-state index < -0.39 is 9.24 Å². The molecule has 0 amide bonds. The summed E-state index contributed by atoms with van der Waals surface area (Å²) in [7, 11) is 2.90. The second-order valence-electron chi connectivity index (χ2n) is 3.65. The Hall–Kier alpha value is -0.330. The van der Waals surface area contributed by atoms with Crippen molar-refractivity contribution in [3.8, 4) is 0 Å². The first-order valence-corrected chi connectivity index (χ1v) is 6.92. The van der Waals surface area contributed by atoms with Gasteiger partial charge >= 0.3 is 5.97 Å². The maximum atomic E-state index is 11.2. The van der Waals surface area contributed by atoms with Gasteiger partial charge in [0.25, 0.3) is 9.24 Å². The molecule has 1 heterocycles. The van der Waals surface area contributed by atoms with E-state index >= 15 is 0 Å². The van der Waals surface area contributed by atoms with Crippen molar-refractivity contribution in [1.29, 1.82) is 0 Å². The molecule has 0 aromatic heterocycles. The average Bonchev–Trinajstić information content (AvgIpc) is 2.14. The van der Waals surface area contributed by atoms with Gasteiger partial charge in [0.05, 0.1) is 13.0 Å². The minimum Gasteiger partial charge on any atom is -0.469 e. The summed E-state index contributed by atoms with van der Waals surface area (Å²) in [5.41, 5.74) is 0. The summed E-state index contributed by atoms with van der Waals surface area (Å²) in [6, 6.07) is -0.259. The van der Waals surface area contributed by atoms with Gasteiger partial charge in [-0.1, -0.05) is 0 Å². The lowest BCUT2D eigenvalue weighted by molar-refractivity contribution is -0.147. The lowest BCUT2D eigenvalue weighted by Crippen LogP contribution is -2.44. The zero-order chi connectivity index (χ0) is 11.6. The van der Waals surface area contributed by atoms with E-state index in [1.54, 1.807) is 6.92 Å². The van der Waals surface area contributed by atoms with E-state index in [0.29, 0.717) is 12.8 Å². The molecule has 0 aromatic carbocycles. The van der Waals surface area contributed by atoms with Crippen LogP contribution < -0.4 is 0 Å². The summed E-state index contributed by atoms with van der Waals surface area (Å²) < 4.78 is 28.1. The lowest BCUT2D eigenvalue weighted by Gasteiger charge is -2.33. The van der Waals surface area contributed by atoms with Crippen molar-refractivity contribution in [2.45, 2.75) is 25.8 Å². The molecule has 0 aromatic rings. The van der Waals surface area contributed by atoms with Gasteiger partial charge in [0.1, 0.15) is 0 Å². The molecule has 0 aliphatic carbocycles. The van der Waals surface area contributed by atoms with E-state index in [9.17, 15) is 13.2 Å². The average molecular weight is 256 g/mol. The summed E-state index contributed by atoms with van der Waals surface area (Å²) in [4.78, 5) is 11.2. The quantitative estimate of drug-likeness (QED) is 0.539. The number of carbonyl (C=O) groups is 1. The molecule has 0 unspecified atom stereocenters. The van der Waals surface area contributed by atoms with Crippen LogP contribution in [0.2, 0.25) is 0 Å². The van der Waals surface area contributed by atoms with E-state index in [1.165, 1.54) is 11.4 Å². The number of hydrogen-bond acceptors (Lipinski definition) is 4. The van der Waals surface area contributed by atoms with Gasteiger partial charge in [-0.15, -0.1) is 0 Å². The van der Waals surface area contributed by atoms with Crippen LogP contribution in [-0.4, -0.2) is 38.4 Å². The smallest absolute Gasteiger partial charge is 0.308 e. The van der Waals surface area contributed by atoms with Crippen molar-refractivity contribution in [3.05, 3.63) is 0 Å². The van der Waals surface area contributed by atoms with Crippen LogP contribution in [0.3, 0.4) is 0 Å². The summed E-state index contributed by atoms with van der Waals surface area (Å²) >= 11 is 0. The van der Waals surface area contributed by atoms with Crippen LogP contribution in [0, 0.1) is 5.92 Å². The van der Waals surface area contributed by atoms with Crippen molar-refractivity contribution >= 4 is 25.9 Å². The Morgan fingerprint density at radius 2 is 2.13 bits per heavy atom. The molecular formula is C8H14ClNO4S. The van der Waals surface area contributed by atoms with Crippen molar-refractivity contribution in [2.24, 2.45) is 5.92 Å². The zero-order valence-corrected chi connectivity index (χ0v) is 10.2. The number of methoxy groups -OCH3 is 1. The van der Waals surface area contributed by atoms with Crippen molar-refractivity contribution in [3.63, 3.8) is 0 Å². The van der Waals surface area contributed by atoms with Crippen LogP contribution in [0.5, 0.6) is 0 Å². The van der Waals surface area contributed by atoms with Gasteiger partial charge in [-0.2, -0.15) is 12.7 Å². The Balaban J connectivity index is 2.67. The highest BCUT2D eigenvalue weighted by Gasteiger charge is 2.35. The first-order chi connectivity index (χ1) is 6.86. The molecular weight excluding hydrogens is 242 g/mol. The van der Waals surface area contributed by atoms with Crippen molar-refractivity contribution in [1.82, 2.24) is 4.31 Å². The molecule has 0 spiro atoms. The van der Waals surface area contributed by atoms with Crippen LogP contribution in [0.25, 0.3) is 0 Å². The van der Waals surface area contributed by atoms with Gasteiger partial charge in [-0.05, 0) is 19.8 Å². The first kappa shape index (κ1) is 12.7. The summed E-state index contributed by atoms with van der Waals surface area (Å²) in [5.74, 6) is -0.506. The van der Waals surface area contributed by atoms with Gasteiger partial charge in [0, 0.05) is 23.3 Å². The van der Waals surface area contributed by atoms with Crippen LogP contribution >= 0.6 is 10.7 Å². The van der Waals surface area contributed by atoms with Gasteiger partial charge in [-0.25, -0.2) is 0 Å². The topological polar surface area (TPSA) is 63.7 Å². The molecule has 0 saturated carbocycles. The molecule has 1 saturated heterocycles. The second kappa shape index (κ2) is 4.67. The standard InChI is InChI=1S/C8H14ClNO4S/c1-6-5-7(8(11)14-2)3-4-10(6)15(9,12)13/h6-7H,3-5H2,1-2H3/t6-,7-/m1/s1. The molecule has 1 aliphatic rings. The number of carbonyl (C=O) groups excluding carboxylic acids is 1. The van der Waals surface area contributed by atoms with E-state index in [-0.39, 0.29) is 24.5 Å². The predicted molar refractivity (Wildman–Crippen MR) is 55.7 cm³/mol. The Morgan fingerprint density at radius 3 is 2.53 bits per heavy atom. The van der Waals surface area contributed by atoms with Crippen LogP contribution in [0.15, 0.2) is 0 Å². The molecule has 0 radical (unpaired) electrons. The van der Waals surface area contributed by atoms with Crippen molar-refractivity contribution < 1.29 is 17.9 Å². The predicted octanol–water partition coefficient (Wildman–Crippen LogP) is 0.743. The Kier molecular flexibility index (Phi) is 3.97. The minimum atomic E-state index is -3.68. The number of hydrogen-bond donors (Lipinski definition) is 0. The summed E-state index contributed by atoms with van der Waals surface area (Å²) in [6.07, 6.45) is 0.918. The molecule has 0 bridgehead atoms. The fourth-order valence-electron chi connectivity index (χ4n) is 1.86. The maximum absolute atomic E-state index is 11.2. The number of ether oxygens (including phenoxy) is 1. The Morgan fingerprint density at radius 1 is 1.53 bits per heavy atom. The summed E-state index contributed by atoms with van der Waals surface area (Å²) in [5, 5.41) is 0. The highest BCUT2D eigenvalue weighted by Crippen LogP contribution is 2.27. The number of piperidine rings is 1. The number of nitrogens with zero attached hydrogens (tertiary/aromatic N) is 1.